The highest BCUT2D eigenvalue weighted by Gasteiger charge is 2.08. The zero-order valence-corrected chi connectivity index (χ0v) is 7.25. The summed E-state index contributed by atoms with van der Waals surface area (Å²) < 4.78 is 0. The number of pyridine rings is 1. The van der Waals surface area contributed by atoms with Crippen LogP contribution >= 0.6 is 0 Å². The molecule has 0 radical (unpaired) electrons. The smallest absolute Gasteiger partial charge is 0.195 e. The van der Waals surface area contributed by atoms with Crippen molar-refractivity contribution in [2.45, 2.75) is 6.29 Å². The predicted octanol–water partition coefficient (Wildman–Crippen LogP) is 0.455. The monoisotopic (exact) mass is 191 g/mol. The van der Waals surface area contributed by atoms with Gasteiger partial charge >= 0.3 is 0 Å². The van der Waals surface area contributed by atoms with E-state index >= 15 is 0 Å². The standard InChI is InChI=1S/C9H9N3O2/c13-9(14)8-5-7(11-12-8)6-3-1-2-4-10-6/h1-5,9,13-14H,(H,11,12). The van der Waals surface area contributed by atoms with Crippen molar-refractivity contribution >= 4 is 0 Å². The average Bonchev–Trinajstić information content (AvgIpc) is 2.68. The lowest BCUT2D eigenvalue weighted by Crippen LogP contribution is -1.93. The molecule has 0 aliphatic heterocycles. The van der Waals surface area contributed by atoms with Gasteiger partial charge in [0, 0.05) is 6.20 Å². The van der Waals surface area contributed by atoms with Gasteiger partial charge in [-0.15, -0.1) is 0 Å². The van der Waals surface area contributed by atoms with Gasteiger partial charge in [0.25, 0.3) is 0 Å². The number of rotatable bonds is 2. The highest BCUT2D eigenvalue weighted by molar-refractivity contribution is 5.53. The fraction of sp³-hybridized carbons (Fsp3) is 0.111. The van der Waals surface area contributed by atoms with Crippen LogP contribution in [0.25, 0.3) is 11.4 Å². The van der Waals surface area contributed by atoms with Crippen LogP contribution in [0.1, 0.15) is 12.0 Å². The summed E-state index contributed by atoms with van der Waals surface area (Å²) in [4.78, 5) is 4.08. The Hall–Kier alpha value is -1.72. The molecule has 2 heterocycles. The quantitative estimate of drug-likeness (QED) is 0.602. The van der Waals surface area contributed by atoms with E-state index in [4.69, 9.17) is 10.2 Å². The summed E-state index contributed by atoms with van der Waals surface area (Å²) in [5, 5.41) is 24.1. The van der Waals surface area contributed by atoms with Crippen LogP contribution in [-0.2, 0) is 0 Å². The van der Waals surface area contributed by atoms with E-state index in [1.165, 1.54) is 0 Å². The maximum atomic E-state index is 8.85. The zero-order valence-electron chi connectivity index (χ0n) is 7.25. The van der Waals surface area contributed by atoms with Gasteiger partial charge in [-0.3, -0.25) is 10.1 Å². The zero-order chi connectivity index (χ0) is 9.97. The van der Waals surface area contributed by atoms with Gasteiger partial charge in [-0.2, -0.15) is 5.10 Å². The lowest BCUT2D eigenvalue weighted by Gasteiger charge is -1.95. The first-order chi connectivity index (χ1) is 6.77. The molecule has 0 atom stereocenters. The second kappa shape index (κ2) is 3.57. The number of H-pyrrole nitrogens is 1. The first-order valence-electron chi connectivity index (χ1n) is 4.10. The largest absolute Gasteiger partial charge is 0.363 e. The third-order valence-corrected chi connectivity index (χ3v) is 1.80. The summed E-state index contributed by atoms with van der Waals surface area (Å²) >= 11 is 0. The highest BCUT2D eigenvalue weighted by Crippen LogP contribution is 2.16. The molecule has 3 N–H and O–H groups in total. The Morgan fingerprint density at radius 3 is 2.64 bits per heavy atom. The minimum absolute atomic E-state index is 0.255. The van der Waals surface area contributed by atoms with Crippen molar-refractivity contribution in [3.8, 4) is 11.4 Å². The summed E-state index contributed by atoms with van der Waals surface area (Å²) in [6, 6.07) is 6.99. The number of aromatic nitrogens is 3. The maximum Gasteiger partial charge on any atom is 0.195 e. The number of hydrogen-bond donors (Lipinski definition) is 3. The first-order valence-corrected chi connectivity index (χ1v) is 4.10. The molecule has 2 aromatic heterocycles. The van der Waals surface area contributed by atoms with Gasteiger partial charge in [0.05, 0.1) is 11.4 Å². The molecule has 0 amide bonds. The Kier molecular flexibility index (Phi) is 2.26. The molecule has 0 spiro atoms. The lowest BCUT2D eigenvalue weighted by atomic mass is 10.2. The Morgan fingerprint density at radius 2 is 2.07 bits per heavy atom. The van der Waals surface area contributed by atoms with Crippen LogP contribution < -0.4 is 0 Å². The molecule has 0 fully saturated rings. The van der Waals surface area contributed by atoms with Crippen LogP contribution in [0.5, 0.6) is 0 Å². The number of aliphatic hydroxyl groups excluding tert-OH is 1. The summed E-state index contributed by atoms with van der Waals surface area (Å²) in [6.45, 7) is 0. The van der Waals surface area contributed by atoms with Gasteiger partial charge in [-0.1, -0.05) is 6.07 Å². The van der Waals surface area contributed by atoms with Crippen molar-refractivity contribution in [3.05, 3.63) is 36.2 Å². The molecule has 0 aliphatic rings. The normalized spacial score (nSPS) is 10.8. The Balaban J connectivity index is 2.34. The van der Waals surface area contributed by atoms with Crippen LogP contribution in [0, 0.1) is 0 Å². The van der Waals surface area contributed by atoms with Crippen LogP contribution in [0.3, 0.4) is 0 Å². The molecule has 5 heteroatoms. The second-order valence-corrected chi connectivity index (χ2v) is 2.80. The molecule has 0 unspecified atom stereocenters. The van der Waals surface area contributed by atoms with Crippen LogP contribution in [-0.4, -0.2) is 25.4 Å². The summed E-state index contributed by atoms with van der Waals surface area (Å²) in [5.41, 5.74) is 1.54. The lowest BCUT2D eigenvalue weighted by molar-refractivity contribution is -0.0458. The molecule has 14 heavy (non-hydrogen) atoms. The molecule has 0 bridgehead atoms. The Bertz CT molecular complexity index is 411. The Labute approximate surface area is 80.1 Å². The van der Waals surface area contributed by atoms with Crippen molar-refractivity contribution in [2.75, 3.05) is 0 Å². The minimum Gasteiger partial charge on any atom is -0.363 e. The van der Waals surface area contributed by atoms with Crippen molar-refractivity contribution in [1.82, 2.24) is 15.2 Å². The van der Waals surface area contributed by atoms with Gasteiger partial charge in [0.15, 0.2) is 6.29 Å². The summed E-state index contributed by atoms with van der Waals surface area (Å²) in [6.07, 6.45) is 0.124. The molecule has 72 valence electrons. The van der Waals surface area contributed by atoms with E-state index in [0.717, 1.165) is 0 Å². The molecule has 0 aliphatic carbocycles. The fourth-order valence-electron chi connectivity index (χ4n) is 1.11. The topological polar surface area (TPSA) is 82.0 Å². The summed E-state index contributed by atoms with van der Waals surface area (Å²) in [7, 11) is 0. The molecule has 0 saturated carbocycles. The average molecular weight is 191 g/mol. The molecular formula is C9H9N3O2. The second-order valence-electron chi connectivity index (χ2n) is 2.80. The number of aromatic amines is 1. The summed E-state index contributed by atoms with van der Waals surface area (Å²) in [5.74, 6) is 0. The third kappa shape index (κ3) is 1.63. The molecular weight excluding hydrogens is 182 g/mol. The van der Waals surface area contributed by atoms with E-state index in [1.54, 1.807) is 24.4 Å². The van der Waals surface area contributed by atoms with Gasteiger partial charge in [-0.05, 0) is 18.2 Å². The molecule has 2 rings (SSSR count). The van der Waals surface area contributed by atoms with Crippen molar-refractivity contribution in [2.24, 2.45) is 0 Å². The third-order valence-electron chi connectivity index (χ3n) is 1.80. The van der Waals surface area contributed by atoms with Crippen LogP contribution in [0.2, 0.25) is 0 Å². The molecule has 0 aromatic carbocycles. The van der Waals surface area contributed by atoms with Crippen molar-refractivity contribution in [1.29, 1.82) is 0 Å². The fourth-order valence-corrected chi connectivity index (χ4v) is 1.11. The van der Waals surface area contributed by atoms with Crippen molar-refractivity contribution < 1.29 is 10.2 Å². The number of nitrogens with one attached hydrogen (secondary N) is 1. The number of hydrogen-bond acceptors (Lipinski definition) is 4. The van der Waals surface area contributed by atoms with Crippen molar-refractivity contribution in [3.63, 3.8) is 0 Å². The molecule has 2 aromatic rings. The van der Waals surface area contributed by atoms with Gasteiger partial charge in [-0.25, -0.2) is 0 Å². The van der Waals surface area contributed by atoms with E-state index in [2.05, 4.69) is 15.2 Å². The van der Waals surface area contributed by atoms with E-state index in [9.17, 15) is 0 Å². The molecule has 0 saturated heterocycles. The van der Waals surface area contributed by atoms with E-state index < -0.39 is 6.29 Å². The number of aliphatic hydroxyl groups is 2. The van der Waals surface area contributed by atoms with Gasteiger partial charge in [0.2, 0.25) is 0 Å². The molecule has 5 nitrogen and oxygen atoms in total. The Morgan fingerprint density at radius 1 is 1.21 bits per heavy atom. The van der Waals surface area contributed by atoms with Gasteiger partial charge in [0.1, 0.15) is 5.69 Å². The maximum absolute atomic E-state index is 8.85. The van der Waals surface area contributed by atoms with E-state index in [0.29, 0.717) is 11.4 Å². The minimum atomic E-state index is -1.53. The van der Waals surface area contributed by atoms with Crippen LogP contribution in [0.15, 0.2) is 30.5 Å². The predicted molar refractivity (Wildman–Crippen MR) is 49.0 cm³/mol. The first kappa shape index (κ1) is 8.86. The van der Waals surface area contributed by atoms with Crippen LogP contribution in [0.4, 0.5) is 0 Å². The highest BCUT2D eigenvalue weighted by atomic mass is 16.5. The number of nitrogens with zero attached hydrogens (tertiary/aromatic N) is 2. The van der Waals surface area contributed by atoms with Gasteiger partial charge < -0.3 is 10.2 Å². The van der Waals surface area contributed by atoms with E-state index in [1.807, 2.05) is 6.07 Å². The SMILES string of the molecule is OC(O)c1cc(-c2ccccn2)n[nH]1. The van der Waals surface area contributed by atoms with E-state index in [-0.39, 0.29) is 5.69 Å².